The monoisotopic (exact) mass is 500 g/mol. The first-order valence-corrected chi connectivity index (χ1v) is 10.2. The molecule has 0 atom stereocenters. The van der Waals surface area contributed by atoms with Crippen molar-refractivity contribution in [2.45, 2.75) is 12.6 Å². The maximum atomic E-state index is 14.4. The first-order valence-electron chi connectivity index (χ1n) is 9.37. The molecule has 1 amide bonds. The number of anilines is 1. The molecule has 178 valence electrons. The number of fused-ring (bicyclic) bond motifs is 1. The number of halogens is 5. The van der Waals surface area contributed by atoms with E-state index >= 15 is 0 Å². The number of aryl methyl sites for hydroxylation is 1. The Bertz CT molecular complexity index is 1560. The van der Waals surface area contributed by atoms with Crippen LogP contribution in [0.1, 0.15) is 11.1 Å². The van der Waals surface area contributed by atoms with Gasteiger partial charge in [0.05, 0.1) is 18.4 Å². The molecular formula is C20H13F5N4O4S. The largest absolute Gasteiger partial charge is 0.447 e. The molecule has 0 spiro atoms. The lowest BCUT2D eigenvalue weighted by Gasteiger charge is -2.11. The fourth-order valence-electron chi connectivity index (χ4n) is 3.36. The number of aromatic nitrogens is 3. The van der Waals surface area contributed by atoms with Crippen LogP contribution in [0.25, 0.3) is 22.4 Å². The van der Waals surface area contributed by atoms with Crippen LogP contribution in [0.2, 0.25) is 0 Å². The Balaban J connectivity index is 1.59. The van der Waals surface area contributed by atoms with Gasteiger partial charge in [-0.25, -0.2) is 18.6 Å². The summed E-state index contributed by atoms with van der Waals surface area (Å²) in [6.07, 6.45) is -4.44. The van der Waals surface area contributed by atoms with E-state index in [1.165, 1.54) is 19.5 Å². The molecule has 1 N–H and O–H groups in total. The number of carbonyl (C=O) groups excluding carboxylic acids is 1. The average Bonchev–Trinajstić information content (AvgIpc) is 3.37. The maximum absolute atomic E-state index is 14.4. The highest BCUT2D eigenvalue weighted by Gasteiger charge is 2.39. The lowest BCUT2D eigenvalue weighted by atomic mass is 10.1. The normalized spacial score (nSPS) is 11.9. The molecule has 0 aliphatic rings. The smallest absolute Gasteiger partial charge is 0.422 e. The van der Waals surface area contributed by atoms with E-state index in [9.17, 15) is 36.3 Å². The van der Waals surface area contributed by atoms with Gasteiger partial charge in [0.25, 0.3) is 5.56 Å². The van der Waals surface area contributed by atoms with Gasteiger partial charge in [0.15, 0.2) is 5.13 Å². The summed E-state index contributed by atoms with van der Waals surface area (Å²) in [4.78, 5) is 40.8. The van der Waals surface area contributed by atoms with Gasteiger partial charge in [0.1, 0.15) is 22.6 Å². The van der Waals surface area contributed by atoms with Crippen LogP contribution >= 0.6 is 11.3 Å². The second kappa shape index (κ2) is 8.20. The predicted molar refractivity (Wildman–Crippen MR) is 111 cm³/mol. The number of rotatable bonds is 4. The summed E-state index contributed by atoms with van der Waals surface area (Å²) in [5.41, 5.74) is -3.94. The molecule has 3 aromatic heterocycles. The molecule has 14 heteroatoms. The number of thiazole rings is 1. The number of nitrogens with one attached hydrogen (secondary N) is 1. The van der Waals surface area contributed by atoms with Crippen molar-refractivity contribution in [3.8, 4) is 11.3 Å². The van der Waals surface area contributed by atoms with Gasteiger partial charge in [-0.05, 0) is 12.1 Å². The van der Waals surface area contributed by atoms with Crippen molar-refractivity contribution in [2.75, 3.05) is 5.32 Å². The minimum atomic E-state index is -5.24. The van der Waals surface area contributed by atoms with E-state index in [0.29, 0.717) is 6.07 Å². The molecule has 34 heavy (non-hydrogen) atoms. The van der Waals surface area contributed by atoms with Crippen LogP contribution in [-0.4, -0.2) is 20.0 Å². The Kier molecular flexibility index (Phi) is 5.63. The van der Waals surface area contributed by atoms with Crippen molar-refractivity contribution in [2.24, 2.45) is 14.1 Å². The predicted octanol–water partition coefficient (Wildman–Crippen LogP) is 3.43. The molecule has 0 radical (unpaired) electrons. The zero-order chi connectivity index (χ0) is 24.9. The lowest BCUT2D eigenvalue weighted by molar-refractivity contribution is -0.142. The third-order valence-electron chi connectivity index (χ3n) is 5.00. The molecule has 0 aliphatic heterocycles. The zero-order valence-electron chi connectivity index (χ0n) is 17.3. The first kappa shape index (κ1) is 23.4. The van der Waals surface area contributed by atoms with E-state index in [1.54, 1.807) is 0 Å². The molecule has 3 heterocycles. The summed E-state index contributed by atoms with van der Waals surface area (Å²) < 4.78 is 74.0. The van der Waals surface area contributed by atoms with Crippen LogP contribution in [0.5, 0.6) is 0 Å². The quantitative estimate of drug-likeness (QED) is 0.433. The van der Waals surface area contributed by atoms with Gasteiger partial charge in [-0.15, -0.1) is 11.3 Å². The van der Waals surface area contributed by atoms with Crippen molar-refractivity contribution in [3.05, 3.63) is 67.4 Å². The molecule has 1 aromatic carbocycles. The highest BCUT2D eigenvalue weighted by Crippen LogP contribution is 2.38. The van der Waals surface area contributed by atoms with Gasteiger partial charge in [0, 0.05) is 30.6 Å². The van der Waals surface area contributed by atoms with Crippen molar-refractivity contribution in [1.29, 1.82) is 0 Å². The van der Waals surface area contributed by atoms with Crippen LogP contribution in [0, 0.1) is 11.6 Å². The molecular weight excluding hydrogens is 487 g/mol. The molecule has 0 aliphatic carbocycles. The molecule has 4 aromatic rings. The number of hydrogen-bond donors (Lipinski definition) is 1. The summed E-state index contributed by atoms with van der Waals surface area (Å²) in [5, 5.41) is 3.57. The van der Waals surface area contributed by atoms with E-state index in [0.717, 1.165) is 32.8 Å². The topological polar surface area (TPSA) is 99.1 Å². The number of hydrogen-bond acceptors (Lipinski definition) is 6. The van der Waals surface area contributed by atoms with Crippen LogP contribution < -0.4 is 16.6 Å². The fourth-order valence-corrected chi connectivity index (χ4v) is 4.08. The summed E-state index contributed by atoms with van der Waals surface area (Å²) >= 11 is 0.806. The van der Waals surface area contributed by atoms with Gasteiger partial charge in [-0.3, -0.25) is 18.7 Å². The minimum Gasteiger partial charge on any atom is -0.447 e. The van der Waals surface area contributed by atoms with Crippen LogP contribution in [0.4, 0.5) is 27.1 Å². The van der Waals surface area contributed by atoms with E-state index < -0.39 is 46.1 Å². The molecule has 0 saturated heterocycles. The number of nitrogens with zero attached hydrogens (tertiary/aromatic N) is 3. The third kappa shape index (κ3) is 3.89. The number of carbonyl (C=O) groups is 1. The fraction of sp³-hybridized carbons (Fsp3) is 0.200. The third-order valence-corrected chi connectivity index (χ3v) is 5.75. The van der Waals surface area contributed by atoms with E-state index in [4.69, 9.17) is 4.42 Å². The Morgan fingerprint density at radius 2 is 1.88 bits per heavy atom. The minimum absolute atomic E-state index is 0.0142. The Morgan fingerprint density at radius 1 is 1.18 bits per heavy atom. The number of furan rings is 1. The van der Waals surface area contributed by atoms with Gasteiger partial charge in [-0.2, -0.15) is 13.2 Å². The SMILES string of the molecule is Cn1c(=O)c2c(CC(=O)Nc3nc(-c4ccc(F)c(C(F)(F)F)c4F)cs3)coc2n(C)c1=O. The highest BCUT2D eigenvalue weighted by atomic mass is 32.1. The second-order valence-corrected chi connectivity index (χ2v) is 8.05. The lowest BCUT2D eigenvalue weighted by Crippen LogP contribution is -2.36. The molecule has 4 rings (SSSR count). The molecule has 0 unspecified atom stereocenters. The van der Waals surface area contributed by atoms with Crippen molar-refractivity contribution < 1.29 is 31.2 Å². The highest BCUT2D eigenvalue weighted by molar-refractivity contribution is 7.14. The number of alkyl halides is 3. The molecule has 0 bridgehead atoms. The van der Waals surface area contributed by atoms with Crippen LogP contribution in [0.3, 0.4) is 0 Å². The molecule has 0 saturated carbocycles. The van der Waals surface area contributed by atoms with Crippen molar-refractivity contribution in [1.82, 2.24) is 14.1 Å². The van der Waals surface area contributed by atoms with Gasteiger partial charge in [0.2, 0.25) is 11.6 Å². The Morgan fingerprint density at radius 3 is 2.56 bits per heavy atom. The summed E-state index contributed by atoms with van der Waals surface area (Å²) in [5.74, 6) is -4.23. The average molecular weight is 500 g/mol. The standard InChI is InChI=1S/C20H13F5N4O4S/c1-28-16(31)13-8(6-33-17(13)29(2)19(28)32)5-12(30)27-18-26-11(7-34-18)9-3-4-10(21)14(15(9)22)20(23,24)25/h3-4,6-7H,5H2,1-2H3,(H,26,27,30). The van der Waals surface area contributed by atoms with Gasteiger partial charge >= 0.3 is 11.9 Å². The Hall–Kier alpha value is -3.81. The summed E-state index contributed by atoms with van der Waals surface area (Å²) in [6, 6.07) is 1.30. The van der Waals surface area contributed by atoms with E-state index in [-0.39, 0.29) is 33.9 Å². The molecule has 8 nitrogen and oxygen atoms in total. The number of amides is 1. The van der Waals surface area contributed by atoms with Gasteiger partial charge < -0.3 is 9.73 Å². The first-order chi connectivity index (χ1) is 15.9. The summed E-state index contributed by atoms with van der Waals surface area (Å²) in [7, 11) is 2.67. The number of benzene rings is 1. The van der Waals surface area contributed by atoms with Crippen molar-refractivity contribution >= 4 is 33.5 Å². The maximum Gasteiger partial charge on any atom is 0.422 e. The summed E-state index contributed by atoms with van der Waals surface area (Å²) in [6.45, 7) is 0. The zero-order valence-corrected chi connectivity index (χ0v) is 18.1. The van der Waals surface area contributed by atoms with Crippen LogP contribution in [-0.2, 0) is 31.5 Å². The molecule has 0 fully saturated rings. The Labute approximate surface area is 189 Å². The second-order valence-electron chi connectivity index (χ2n) is 7.19. The van der Waals surface area contributed by atoms with E-state index in [1.807, 2.05) is 0 Å². The van der Waals surface area contributed by atoms with Crippen molar-refractivity contribution in [3.63, 3.8) is 0 Å². The van der Waals surface area contributed by atoms with Crippen LogP contribution in [0.15, 0.2) is 37.8 Å². The van der Waals surface area contributed by atoms with Gasteiger partial charge in [-0.1, -0.05) is 0 Å². The van der Waals surface area contributed by atoms with E-state index in [2.05, 4.69) is 10.3 Å².